The lowest BCUT2D eigenvalue weighted by atomic mass is 9.92. The van der Waals surface area contributed by atoms with Crippen LogP contribution in [0.15, 0.2) is 12.1 Å². The van der Waals surface area contributed by atoms with Crippen LogP contribution in [0.3, 0.4) is 0 Å². The first-order chi connectivity index (χ1) is 9.58. The highest BCUT2D eigenvalue weighted by atomic mass is 16.5. The highest BCUT2D eigenvalue weighted by Gasteiger charge is 2.31. The van der Waals surface area contributed by atoms with Crippen molar-refractivity contribution in [3.63, 3.8) is 0 Å². The Morgan fingerprint density at radius 3 is 2.30 bits per heavy atom. The summed E-state index contributed by atoms with van der Waals surface area (Å²) in [6, 6.07) is 1.89. The predicted octanol–water partition coefficient (Wildman–Crippen LogP) is 2.09. The molecule has 0 saturated heterocycles. The Hall–Kier alpha value is -2.17. The summed E-state index contributed by atoms with van der Waals surface area (Å²) >= 11 is 0. The number of allylic oxidation sites excluding steroid dienone is 1. The molecule has 1 aliphatic rings. The van der Waals surface area contributed by atoms with Crippen molar-refractivity contribution in [2.75, 3.05) is 28.4 Å². The van der Waals surface area contributed by atoms with Crippen LogP contribution in [0, 0.1) is 0 Å². The molecule has 1 amide bonds. The van der Waals surface area contributed by atoms with Gasteiger partial charge >= 0.3 is 0 Å². The van der Waals surface area contributed by atoms with Crippen molar-refractivity contribution < 1.29 is 19.0 Å². The molecule has 0 atom stereocenters. The van der Waals surface area contributed by atoms with E-state index in [0.29, 0.717) is 29.4 Å². The van der Waals surface area contributed by atoms with Crippen LogP contribution in [0.5, 0.6) is 17.2 Å². The van der Waals surface area contributed by atoms with E-state index in [9.17, 15) is 4.79 Å². The van der Waals surface area contributed by atoms with Gasteiger partial charge in [-0.15, -0.1) is 0 Å². The van der Waals surface area contributed by atoms with Gasteiger partial charge in [-0.1, -0.05) is 6.08 Å². The molecule has 2 rings (SSSR count). The van der Waals surface area contributed by atoms with E-state index in [4.69, 9.17) is 14.2 Å². The van der Waals surface area contributed by atoms with E-state index in [0.717, 1.165) is 11.1 Å². The molecule has 1 aromatic carbocycles. The van der Waals surface area contributed by atoms with E-state index < -0.39 is 0 Å². The maximum Gasteiger partial charge on any atom is 0.254 e. The number of carbonyl (C=O) groups excluding carboxylic acids is 1. The van der Waals surface area contributed by atoms with Gasteiger partial charge in [-0.3, -0.25) is 4.79 Å². The molecule has 1 heterocycles. The van der Waals surface area contributed by atoms with Gasteiger partial charge in [0.1, 0.15) is 0 Å². The lowest BCUT2D eigenvalue weighted by Gasteiger charge is -2.29. The number of nitrogens with zero attached hydrogens (tertiary/aromatic N) is 1. The summed E-state index contributed by atoms with van der Waals surface area (Å²) in [5.41, 5.74) is 2.39. The van der Waals surface area contributed by atoms with E-state index in [-0.39, 0.29) is 5.91 Å². The third-order valence-corrected chi connectivity index (χ3v) is 3.45. The second-order valence-corrected chi connectivity index (χ2v) is 4.54. The topological polar surface area (TPSA) is 48.0 Å². The van der Waals surface area contributed by atoms with Crippen molar-refractivity contribution in [2.45, 2.75) is 13.5 Å². The van der Waals surface area contributed by atoms with Gasteiger partial charge in [-0.2, -0.15) is 0 Å². The van der Waals surface area contributed by atoms with Crippen LogP contribution < -0.4 is 14.2 Å². The third-order valence-electron chi connectivity index (χ3n) is 3.45. The van der Waals surface area contributed by atoms with Gasteiger partial charge in [0.25, 0.3) is 5.91 Å². The first-order valence-electron chi connectivity index (χ1n) is 6.33. The summed E-state index contributed by atoms with van der Waals surface area (Å²) < 4.78 is 16.2. The Labute approximate surface area is 118 Å². The Balaban J connectivity index is 2.79. The van der Waals surface area contributed by atoms with E-state index >= 15 is 0 Å². The van der Waals surface area contributed by atoms with E-state index in [2.05, 4.69) is 0 Å². The molecule has 1 aliphatic heterocycles. The summed E-state index contributed by atoms with van der Waals surface area (Å²) in [7, 11) is 6.47. The molecular formula is C15H19NO4. The van der Waals surface area contributed by atoms with Crippen molar-refractivity contribution in [1.82, 2.24) is 4.90 Å². The summed E-state index contributed by atoms with van der Waals surface area (Å²) in [5, 5.41) is 0. The van der Waals surface area contributed by atoms with Gasteiger partial charge in [0, 0.05) is 24.7 Å². The molecule has 20 heavy (non-hydrogen) atoms. The van der Waals surface area contributed by atoms with Gasteiger partial charge < -0.3 is 19.1 Å². The van der Waals surface area contributed by atoms with Crippen molar-refractivity contribution in [3.05, 3.63) is 23.3 Å². The largest absolute Gasteiger partial charge is 0.493 e. The standard InChI is InChI=1S/C15H19NO4/c1-6-10-12-9(8-16(2)15(10)17)7-11(18-3)13(19-4)14(12)20-5/h6-7H,8H2,1-5H3/b10-6-. The third kappa shape index (κ3) is 1.99. The molecule has 1 aromatic rings. The fourth-order valence-corrected chi connectivity index (χ4v) is 2.53. The molecule has 5 nitrogen and oxygen atoms in total. The molecule has 0 aromatic heterocycles. The highest BCUT2D eigenvalue weighted by molar-refractivity contribution is 6.21. The molecule has 5 heteroatoms. The van der Waals surface area contributed by atoms with Crippen molar-refractivity contribution in [2.24, 2.45) is 0 Å². The van der Waals surface area contributed by atoms with Crippen LogP contribution in [-0.4, -0.2) is 39.2 Å². The van der Waals surface area contributed by atoms with Gasteiger partial charge in [0.2, 0.25) is 5.75 Å². The first kappa shape index (κ1) is 14.2. The number of amides is 1. The van der Waals surface area contributed by atoms with Crippen LogP contribution in [0.2, 0.25) is 0 Å². The van der Waals surface area contributed by atoms with E-state index in [1.165, 1.54) is 0 Å². The van der Waals surface area contributed by atoms with Crippen LogP contribution in [0.4, 0.5) is 0 Å². The summed E-state index contributed by atoms with van der Waals surface area (Å²) in [4.78, 5) is 13.9. The number of hydrogen-bond acceptors (Lipinski definition) is 4. The minimum Gasteiger partial charge on any atom is -0.493 e. The van der Waals surface area contributed by atoms with Crippen LogP contribution in [0.1, 0.15) is 18.1 Å². The van der Waals surface area contributed by atoms with Crippen molar-refractivity contribution in [3.8, 4) is 17.2 Å². The van der Waals surface area contributed by atoms with E-state index in [1.54, 1.807) is 39.4 Å². The van der Waals surface area contributed by atoms with Crippen LogP contribution in [0.25, 0.3) is 5.57 Å². The SMILES string of the molecule is C/C=C1\C(=O)N(C)Cc2cc(OC)c(OC)c(OC)c21. The van der Waals surface area contributed by atoms with Gasteiger partial charge in [0.15, 0.2) is 11.5 Å². The molecule has 108 valence electrons. The second kappa shape index (κ2) is 5.45. The average molecular weight is 277 g/mol. The number of benzene rings is 1. The maximum absolute atomic E-state index is 12.3. The Morgan fingerprint density at radius 2 is 1.80 bits per heavy atom. The molecule has 0 saturated carbocycles. The lowest BCUT2D eigenvalue weighted by Crippen LogP contribution is -2.32. The summed E-state index contributed by atoms with van der Waals surface area (Å²) in [6.07, 6.45) is 1.80. The van der Waals surface area contributed by atoms with Crippen LogP contribution >= 0.6 is 0 Å². The zero-order chi connectivity index (χ0) is 14.9. The molecule has 0 fully saturated rings. The molecule has 0 aliphatic carbocycles. The Morgan fingerprint density at radius 1 is 1.15 bits per heavy atom. The number of rotatable bonds is 3. The number of ether oxygens (including phenoxy) is 3. The fraction of sp³-hybridized carbons (Fsp3) is 0.400. The van der Waals surface area contributed by atoms with Crippen LogP contribution in [-0.2, 0) is 11.3 Å². The second-order valence-electron chi connectivity index (χ2n) is 4.54. The number of methoxy groups -OCH3 is 3. The first-order valence-corrected chi connectivity index (χ1v) is 6.33. The van der Waals surface area contributed by atoms with Gasteiger partial charge in [-0.25, -0.2) is 0 Å². The summed E-state index contributed by atoms with van der Waals surface area (Å²) in [6.45, 7) is 2.36. The van der Waals surface area contributed by atoms with Crippen molar-refractivity contribution in [1.29, 1.82) is 0 Å². The van der Waals surface area contributed by atoms with E-state index in [1.807, 2.05) is 13.0 Å². The zero-order valence-corrected chi connectivity index (χ0v) is 12.4. The maximum atomic E-state index is 12.3. The molecule has 0 bridgehead atoms. The predicted molar refractivity (Wildman–Crippen MR) is 76.2 cm³/mol. The highest BCUT2D eigenvalue weighted by Crippen LogP contribution is 2.46. The number of likely N-dealkylation sites (N-methyl/N-ethyl adjacent to an activating group) is 1. The molecule has 0 spiro atoms. The average Bonchev–Trinajstić information content (AvgIpc) is 2.46. The molecule has 0 N–H and O–H groups in total. The fourth-order valence-electron chi connectivity index (χ4n) is 2.53. The molecule has 0 radical (unpaired) electrons. The normalized spacial score (nSPS) is 16.1. The Kier molecular flexibility index (Phi) is 3.88. The Bertz CT molecular complexity index is 578. The zero-order valence-electron chi connectivity index (χ0n) is 12.4. The smallest absolute Gasteiger partial charge is 0.254 e. The minimum atomic E-state index is -0.0227. The number of hydrogen-bond donors (Lipinski definition) is 0. The number of fused-ring (bicyclic) bond motifs is 1. The lowest BCUT2D eigenvalue weighted by molar-refractivity contribution is -0.124. The quantitative estimate of drug-likeness (QED) is 0.794. The van der Waals surface area contributed by atoms with Gasteiger partial charge in [0.05, 0.1) is 21.3 Å². The number of carbonyl (C=O) groups is 1. The van der Waals surface area contributed by atoms with Gasteiger partial charge in [-0.05, 0) is 18.6 Å². The molecule has 0 unspecified atom stereocenters. The molecular weight excluding hydrogens is 258 g/mol. The monoisotopic (exact) mass is 277 g/mol. The minimum absolute atomic E-state index is 0.0227. The van der Waals surface area contributed by atoms with Crippen molar-refractivity contribution >= 4 is 11.5 Å². The summed E-state index contributed by atoms with van der Waals surface area (Å²) in [5.74, 6) is 1.62.